The Morgan fingerprint density at radius 2 is 1.60 bits per heavy atom. The molecule has 0 unspecified atom stereocenters. The summed E-state index contributed by atoms with van der Waals surface area (Å²) in [5.74, 6) is -1.26. The summed E-state index contributed by atoms with van der Waals surface area (Å²) >= 11 is 0. The zero-order valence-electron chi connectivity index (χ0n) is 17.2. The van der Waals surface area contributed by atoms with Gasteiger partial charge in [0.15, 0.2) is 0 Å². The second kappa shape index (κ2) is 7.30. The molecule has 1 N–H and O–H groups in total. The van der Waals surface area contributed by atoms with Crippen LogP contribution in [0.25, 0.3) is 17.0 Å². The fraction of sp³-hybridized carbons (Fsp3) is 0.208. The van der Waals surface area contributed by atoms with Crippen molar-refractivity contribution in [1.29, 1.82) is 0 Å². The van der Waals surface area contributed by atoms with Gasteiger partial charge in [-0.15, -0.1) is 0 Å². The number of fused-ring (bicyclic) bond motifs is 1. The topological polar surface area (TPSA) is 71.4 Å². The lowest BCUT2D eigenvalue weighted by atomic mass is 10.0. The first kappa shape index (κ1) is 19.6. The van der Waals surface area contributed by atoms with Crippen molar-refractivity contribution in [3.63, 3.8) is 0 Å². The predicted molar refractivity (Wildman–Crippen MR) is 116 cm³/mol. The van der Waals surface area contributed by atoms with Gasteiger partial charge in [-0.25, -0.2) is 4.79 Å². The number of barbiturate groups is 1. The highest BCUT2D eigenvalue weighted by Crippen LogP contribution is 2.27. The van der Waals surface area contributed by atoms with Gasteiger partial charge in [0.25, 0.3) is 11.8 Å². The monoisotopic (exact) mass is 401 g/mol. The first-order valence-electron chi connectivity index (χ1n) is 9.79. The van der Waals surface area contributed by atoms with Gasteiger partial charge in [-0.3, -0.25) is 19.8 Å². The molecule has 0 bridgehead atoms. The number of aromatic nitrogens is 1. The number of amides is 4. The van der Waals surface area contributed by atoms with Gasteiger partial charge in [-0.2, -0.15) is 0 Å². The number of rotatable bonds is 3. The van der Waals surface area contributed by atoms with E-state index in [0.29, 0.717) is 6.54 Å². The molecule has 0 radical (unpaired) electrons. The van der Waals surface area contributed by atoms with Crippen LogP contribution in [-0.4, -0.2) is 32.9 Å². The van der Waals surface area contributed by atoms with Crippen LogP contribution in [0.1, 0.15) is 31.9 Å². The molecule has 0 atom stereocenters. The molecule has 1 fully saturated rings. The second-order valence-corrected chi connectivity index (χ2v) is 8.34. The van der Waals surface area contributed by atoms with E-state index in [4.69, 9.17) is 0 Å². The van der Waals surface area contributed by atoms with Crippen molar-refractivity contribution in [2.24, 2.45) is 0 Å². The largest absolute Gasteiger partial charge is 0.342 e. The zero-order valence-corrected chi connectivity index (χ0v) is 17.2. The minimum Gasteiger partial charge on any atom is -0.342 e. The number of nitrogens with one attached hydrogen (secondary N) is 1. The van der Waals surface area contributed by atoms with Crippen LogP contribution in [0.2, 0.25) is 0 Å². The van der Waals surface area contributed by atoms with Gasteiger partial charge in [0, 0.05) is 34.7 Å². The van der Waals surface area contributed by atoms with E-state index in [1.54, 1.807) is 26.8 Å². The van der Waals surface area contributed by atoms with Crippen molar-refractivity contribution in [1.82, 2.24) is 14.8 Å². The van der Waals surface area contributed by atoms with E-state index in [2.05, 4.69) is 22.0 Å². The second-order valence-electron chi connectivity index (χ2n) is 8.34. The van der Waals surface area contributed by atoms with Gasteiger partial charge in [-0.05, 0) is 38.5 Å². The molecule has 0 saturated carbocycles. The molecule has 4 rings (SSSR count). The van der Waals surface area contributed by atoms with Crippen LogP contribution in [0.4, 0.5) is 4.79 Å². The highest BCUT2D eigenvalue weighted by molar-refractivity contribution is 6.31. The third-order valence-electron chi connectivity index (χ3n) is 5.09. The van der Waals surface area contributed by atoms with E-state index in [9.17, 15) is 14.4 Å². The van der Waals surface area contributed by atoms with Crippen molar-refractivity contribution in [2.75, 3.05) is 0 Å². The average molecular weight is 401 g/mol. The molecule has 2 aromatic carbocycles. The molecule has 4 amide bonds. The van der Waals surface area contributed by atoms with Crippen molar-refractivity contribution in [2.45, 2.75) is 32.9 Å². The van der Waals surface area contributed by atoms with Crippen molar-refractivity contribution in [3.05, 3.63) is 77.5 Å². The highest BCUT2D eigenvalue weighted by Gasteiger charge is 2.41. The number of nitrogens with zero attached hydrogens (tertiary/aromatic N) is 2. The maximum atomic E-state index is 13.0. The van der Waals surface area contributed by atoms with Crippen LogP contribution in [0.3, 0.4) is 0 Å². The van der Waals surface area contributed by atoms with Crippen LogP contribution in [-0.2, 0) is 16.1 Å². The summed E-state index contributed by atoms with van der Waals surface area (Å²) in [7, 11) is 0. The normalized spacial score (nSPS) is 16.4. The smallest absolute Gasteiger partial charge is 0.331 e. The number of urea groups is 1. The van der Waals surface area contributed by atoms with Crippen LogP contribution in [0.15, 0.2) is 66.4 Å². The van der Waals surface area contributed by atoms with Crippen LogP contribution in [0.5, 0.6) is 0 Å². The maximum absolute atomic E-state index is 13.0. The number of carbonyl (C=O) groups is 3. The van der Waals surface area contributed by atoms with E-state index < -0.39 is 23.4 Å². The lowest BCUT2D eigenvalue weighted by Gasteiger charge is -2.36. The van der Waals surface area contributed by atoms with Crippen LogP contribution >= 0.6 is 0 Å². The van der Waals surface area contributed by atoms with Gasteiger partial charge in [0.1, 0.15) is 5.57 Å². The van der Waals surface area contributed by atoms with E-state index in [1.807, 2.05) is 48.7 Å². The van der Waals surface area contributed by atoms with Gasteiger partial charge in [0.2, 0.25) is 0 Å². The van der Waals surface area contributed by atoms with Crippen molar-refractivity contribution >= 4 is 34.8 Å². The first-order chi connectivity index (χ1) is 14.3. The minimum absolute atomic E-state index is 0.0489. The minimum atomic E-state index is -0.748. The maximum Gasteiger partial charge on any atom is 0.331 e. The van der Waals surface area contributed by atoms with E-state index in [1.165, 1.54) is 0 Å². The molecule has 6 nitrogen and oxygen atoms in total. The molecule has 6 heteroatoms. The van der Waals surface area contributed by atoms with Gasteiger partial charge < -0.3 is 4.57 Å². The molecular formula is C24H23N3O3. The Morgan fingerprint density at radius 1 is 0.933 bits per heavy atom. The molecule has 30 heavy (non-hydrogen) atoms. The van der Waals surface area contributed by atoms with E-state index >= 15 is 0 Å². The molecule has 1 saturated heterocycles. The Hall–Kier alpha value is -3.67. The van der Waals surface area contributed by atoms with E-state index in [-0.39, 0.29) is 5.57 Å². The van der Waals surface area contributed by atoms with Crippen molar-refractivity contribution in [3.8, 4) is 0 Å². The quantitative estimate of drug-likeness (QED) is 0.534. The number of benzene rings is 2. The molecule has 1 aromatic heterocycles. The number of hydrogen-bond acceptors (Lipinski definition) is 3. The van der Waals surface area contributed by atoms with Crippen molar-refractivity contribution < 1.29 is 14.4 Å². The summed E-state index contributed by atoms with van der Waals surface area (Å²) in [6, 6.07) is 17.2. The fourth-order valence-electron chi connectivity index (χ4n) is 3.72. The van der Waals surface area contributed by atoms with Crippen LogP contribution < -0.4 is 5.32 Å². The zero-order chi connectivity index (χ0) is 21.5. The fourth-order valence-corrected chi connectivity index (χ4v) is 3.72. The standard InChI is InChI=1S/C24H23N3O3/c1-24(2,3)27-22(29)19(21(28)25-23(27)30)13-17-15-26(14-16-9-5-4-6-10-16)20-12-8-7-11-18(17)20/h4-13,15H,14H2,1-3H3,(H,25,28,30). The predicted octanol–water partition coefficient (Wildman–Crippen LogP) is 3.95. The molecular weight excluding hydrogens is 378 g/mol. The number of hydrogen-bond donors (Lipinski definition) is 1. The van der Waals surface area contributed by atoms with Gasteiger partial charge in [-0.1, -0.05) is 48.5 Å². The SMILES string of the molecule is CC(C)(C)N1C(=O)NC(=O)C(=Cc2cn(Cc3ccccc3)c3ccccc23)C1=O. The summed E-state index contributed by atoms with van der Waals surface area (Å²) in [6.45, 7) is 5.92. The molecule has 0 aliphatic carbocycles. The summed E-state index contributed by atoms with van der Waals surface area (Å²) in [6.07, 6.45) is 3.51. The Labute approximate surface area is 174 Å². The number of imide groups is 2. The Balaban J connectivity index is 1.79. The summed E-state index contributed by atoms with van der Waals surface area (Å²) in [5.41, 5.74) is 2.10. The Kier molecular flexibility index (Phi) is 4.78. The molecule has 2 heterocycles. The third-order valence-corrected chi connectivity index (χ3v) is 5.09. The first-order valence-corrected chi connectivity index (χ1v) is 9.79. The summed E-state index contributed by atoms with van der Waals surface area (Å²) in [5, 5.41) is 3.21. The summed E-state index contributed by atoms with van der Waals surface area (Å²) in [4.78, 5) is 38.8. The van der Waals surface area contributed by atoms with E-state index in [0.717, 1.165) is 26.9 Å². The highest BCUT2D eigenvalue weighted by atomic mass is 16.2. The molecule has 0 spiro atoms. The summed E-state index contributed by atoms with van der Waals surface area (Å²) < 4.78 is 2.09. The lowest BCUT2D eigenvalue weighted by Crippen LogP contribution is -2.60. The van der Waals surface area contributed by atoms with Gasteiger partial charge in [0.05, 0.1) is 0 Å². The molecule has 152 valence electrons. The lowest BCUT2D eigenvalue weighted by molar-refractivity contribution is -0.133. The molecule has 3 aromatic rings. The number of para-hydroxylation sites is 1. The van der Waals surface area contributed by atoms with Gasteiger partial charge >= 0.3 is 6.03 Å². The third kappa shape index (κ3) is 3.52. The molecule has 1 aliphatic rings. The Morgan fingerprint density at radius 3 is 2.30 bits per heavy atom. The Bertz CT molecular complexity index is 1180. The average Bonchev–Trinajstić information content (AvgIpc) is 3.02. The van der Waals surface area contributed by atoms with Crippen LogP contribution in [0, 0.1) is 0 Å². The molecule has 1 aliphatic heterocycles. The number of carbonyl (C=O) groups excluding carboxylic acids is 3.